The molecule has 1 aromatic carbocycles. The number of thiophene rings is 1. The maximum atomic E-state index is 6.22. The number of halogens is 1. The zero-order valence-electron chi connectivity index (χ0n) is 12.6. The minimum Gasteiger partial charge on any atom is -0.309 e. The highest BCUT2D eigenvalue weighted by Crippen LogP contribution is 2.33. The van der Waals surface area contributed by atoms with Gasteiger partial charge in [-0.15, -0.1) is 11.3 Å². The molecule has 0 aliphatic rings. The van der Waals surface area contributed by atoms with Crippen LogP contribution in [0.25, 0.3) is 0 Å². The molecule has 0 radical (unpaired) electrons. The predicted molar refractivity (Wildman–Crippen MR) is 90.1 cm³/mol. The molecular weight excluding hydrogens is 286 g/mol. The number of likely N-dealkylation sites (N-methyl/N-ethyl adjacent to an activating group) is 1. The highest BCUT2D eigenvalue weighted by molar-refractivity contribution is 7.16. The molecule has 1 aromatic heterocycles. The molecule has 0 amide bonds. The number of benzene rings is 1. The molecule has 0 saturated carbocycles. The van der Waals surface area contributed by atoms with Crippen molar-refractivity contribution in [1.82, 2.24) is 5.32 Å². The van der Waals surface area contributed by atoms with Gasteiger partial charge in [-0.1, -0.05) is 42.3 Å². The van der Waals surface area contributed by atoms with Crippen LogP contribution in [0.2, 0.25) is 4.34 Å². The van der Waals surface area contributed by atoms with Crippen molar-refractivity contribution in [3.05, 3.63) is 55.7 Å². The minimum atomic E-state index is 0.344. The van der Waals surface area contributed by atoms with Gasteiger partial charge in [-0.2, -0.15) is 0 Å². The van der Waals surface area contributed by atoms with Gasteiger partial charge in [0.05, 0.1) is 4.34 Å². The van der Waals surface area contributed by atoms with Crippen molar-refractivity contribution >= 4 is 22.9 Å². The second kappa shape index (κ2) is 6.75. The first-order valence-electron chi connectivity index (χ1n) is 7.06. The van der Waals surface area contributed by atoms with Gasteiger partial charge < -0.3 is 5.32 Å². The molecule has 108 valence electrons. The lowest BCUT2D eigenvalue weighted by Gasteiger charge is -2.18. The fourth-order valence-corrected chi connectivity index (χ4v) is 3.71. The van der Waals surface area contributed by atoms with E-state index >= 15 is 0 Å². The summed E-state index contributed by atoms with van der Waals surface area (Å²) in [6.07, 6.45) is 1.01. The molecule has 1 N–H and O–H groups in total. The van der Waals surface area contributed by atoms with Gasteiger partial charge in [-0.3, -0.25) is 0 Å². The molecule has 0 spiro atoms. The molecule has 0 bridgehead atoms. The molecule has 1 atom stereocenters. The van der Waals surface area contributed by atoms with Crippen molar-refractivity contribution < 1.29 is 0 Å². The van der Waals surface area contributed by atoms with Gasteiger partial charge in [-0.05, 0) is 56.5 Å². The molecule has 2 aromatic rings. The van der Waals surface area contributed by atoms with Crippen LogP contribution in [0.4, 0.5) is 0 Å². The van der Waals surface area contributed by atoms with Crippen molar-refractivity contribution in [3.8, 4) is 0 Å². The molecule has 1 nitrogen and oxygen atoms in total. The summed E-state index contributed by atoms with van der Waals surface area (Å²) in [5.74, 6) is 0. The average Bonchev–Trinajstić information content (AvgIpc) is 2.73. The van der Waals surface area contributed by atoms with E-state index in [9.17, 15) is 0 Å². The van der Waals surface area contributed by atoms with Gasteiger partial charge in [0.2, 0.25) is 0 Å². The summed E-state index contributed by atoms with van der Waals surface area (Å²) in [7, 11) is 0. The first-order chi connectivity index (χ1) is 9.51. The van der Waals surface area contributed by atoms with E-state index in [1.807, 2.05) is 0 Å². The molecule has 0 saturated heterocycles. The van der Waals surface area contributed by atoms with Crippen LogP contribution < -0.4 is 5.32 Å². The standard InChI is InChI=1S/C17H22ClNS/c1-5-19-15(16-9-13(4)17(18)20-16)10-14-8-11(2)6-7-12(14)3/h6-9,15,19H,5,10H2,1-4H3. The molecule has 20 heavy (non-hydrogen) atoms. The fourth-order valence-electron chi connectivity index (χ4n) is 2.42. The predicted octanol–water partition coefficient (Wildman–Crippen LogP) is 5.22. The maximum absolute atomic E-state index is 6.22. The van der Waals surface area contributed by atoms with E-state index in [0.29, 0.717) is 6.04 Å². The quantitative estimate of drug-likeness (QED) is 0.798. The lowest BCUT2D eigenvalue weighted by atomic mass is 9.98. The lowest BCUT2D eigenvalue weighted by Crippen LogP contribution is -2.22. The summed E-state index contributed by atoms with van der Waals surface area (Å²) >= 11 is 7.92. The Hall–Kier alpha value is -0.830. The second-order valence-corrected chi connectivity index (χ2v) is 7.04. The smallest absolute Gasteiger partial charge is 0.0960 e. The van der Waals surface area contributed by atoms with Crippen LogP contribution in [0.15, 0.2) is 24.3 Å². The van der Waals surface area contributed by atoms with Crippen molar-refractivity contribution in [1.29, 1.82) is 0 Å². The van der Waals surface area contributed by atoms with Crippen LogP contribution in [0.5, 0.6) is 0 Å². The number of nitrogens with one attached hydrogen (secondary N) is 1. The van der Waals surface area contributed by atoms with Crippen molar-refractivity contribution in [3.63, 3.8) is 0 Å². The summed E-state index contributed by atoms with van der Waals surface area (Å²) in [6, 6.07) is 9.23. The van der Waals surface area contributed by atoms with Gasteiger partial charge >= 0.3 is 0 Å². The SMILES string of the molecule is CCNC(Cc1cc(C)ccc1C)c1cc(C)c(Cl)s1. The topological polar surface area (TPSA) is 12.0 Å². The molecule has 0 aliphatic heterocycles. The average molecular weight is 308 g/mol. The van der Waals surface area contributed by atoms with E-state index in [-0.39, 0.29) is 0 Å². The van der Waals surface area contributed by atoms with Crippen molar-refractivity contribution in [2.45, 2.75) is 40.2 Å². The molecule has 2 rings (SSSR count). The third kappa shape index (κ3) is 3.63. The van der Waals surface area contributed by atoms with Crippen LogP contribution in [-0.2, 0) is 6.42 Å². The number of hydrogen-bond acceptors (Lipinski definition) is 2. The van der Waals surface area contributed by atoms with Crippen LogP contribution >= 0.6 is 22.9 Å². The van der Waals surface area contributed by atoms with Crippen LogP contribution in [-0.4, -0.2) is 6.54 Å². The van der Waals surface area contributed by atoms with E-state index < -0.39 is 0 Å². The Balaban J connectivity index is 2.27. The van der Waals surface area contributed by atoms with Crippen LogP contribution in [0.3, 0.4) is 0 Å². The molecule has 0 fully saturated rings. The van der Waals surface area contributed by atoms with Gasteiger partial charge in [0, 0.05) is 10.9 Å². The third-order valence-corrected chi connectivity index (χ3v) is 5.27. The molecule has 3 heteroatoms. The van der Waals surface area contributed by atoms with E-state index in [1.54, 1.807) is 11.3 Å². The van der Waals surface area contributed by atoms with Crippen molar-refractivity contribution in [2.24, 2.45) is 0 Å². The second-order valence-electron chi connectivity index (χ2n) is 5.35. The molecule has 0 aliphatic carbocycles. The normalized spacial score (nSPS) is 12.7. The van der Waals surface area contributed by atoms with Gasteiger partial charge in [-0.25, -0.2) is 0 Å². The van der Waals surface area contributed by atoms with Gasteiger partial charge in [0.1, 0.15) is 0 Å². The summed E-state index contributed by atoms with van der Waals surface area (Å²) in [4.78, 5) is 1.33. The Bertz CT molecular complexity index is 569. The Labute approximate surface area is 131 Å². The summed E-state index contributed by atoms with van der Waals surface area (Å²) < 4.78 is 0.906. The highest BCUT2D eigenvalue weighted by atomic mass is 35.5. The Morgan fingerprint density at radius 3 is 2.50 bits per heavy atom. The Kier molecular flexibility index (Phi) is 5.25. The highest BCUT2D eigenvalue weighted by Gasteiger charge is 2.16. The monoisotopic (exact) mass is 307 g/mol. The Morgan fingerprint density at radius 1 is 1.15 bits per heavy atom. The van der Waals surface area contributed by atoms with E-state index in [4.69, 9.17) is 11.6 Å². The van der Waals surface area contributed by atoms with E-state index in [1.165, 1.54) is 27.1 Å². The minimum absolute atomic E-state index is 0.344. The molecule has 1 heterocycles. The van der Waals surface area contributed by atoms with Crippen LogP contribution in [0, 0.1) is 20.8 Å². The summed E-state index contributed by atoms with van der Waals surface area (Å²) in [5.41, 5.74) is 5.27. The zero-order chi connectivity index (χ0) is 14.7. The zero-order valence-corrected chi connectivity index (χ0v) is 14.2. The van der Waals surface area contributed by atoms with E-state index in [2.05, 4.69) is 57.3 Å². The van der Waals surface area contributed by atoms with Gasteiger partial charge in [0.25, 0.3) is 0 Å². The maximum Gasteiger partial charge on any atom is 0.0960 e. The van der Waals surface area contributed by atoms with Crippen LogP contribution in [0.1, 0.15) is 40.1 Å². The number of hydrogen-bond donors (Lipinski definition) is 1. The van der Waals surface area contributed by atoms with Gasteiger partial charge in [0.15, 0.2) is 0 Å². The Morgan fingerprint density at radius 2 is 1.90 bits per heavy atom. The summed E-state index contributed by atoms with van der Waals surface area (Å²) in [5, 5.41) is 3.59. The molecule has 1 unspecified atom stereocenters. The summed E-state index contributed by atoms with van der Waals surface area (Å²) in [6.45, 7) is 9.52. The third-order valence-electron chi connectivity index (χ3n) is 3.60. The first kappa shape index (κ1) is 15.6. The lowest BCUT2D eigenvalue weighted by molar-refractivity contribution is 0.557. The first-order valence-corrected chi connectivity index (χ1v) is 8.26. The van der Waals surface area contributed by atoms with Crippen molar-refractivity contribution in [2.75, 3.05) is 6.54 Å². The number of aryl methyl sites for hydroxylation is 3. The largest absolute Gasteiger partial charge is 0.309 e. The molecular formula is C17H22ClNS. The number of rotatable bonds is 5. The fraction of sp³-hybridized carbons (Fsp3) is 0.412. The van der Waals surface area contributed by atoms with E-state index in [0.717, 1.165) is 17.3 Å².